The zero-order chi connectivity index (χ0) is 97.1. The van der Waals surface area contributed by atoms with E-state index in [1.54, 1.807) is 0 Å². The van der Waals surface area contributed by atoms with Crippen molar-refractivity contribution in [1.29, 1.82) is 0 Å². The van der Waals surface area contributed by atoms with E-state index in [2.05, 4.69) is 0 Å². The number of hydrogen-bond acceptors (Lipinski definition) is 52. The fourth-order valence-corrected chi connectivity index (χ4v) is 14.8. The van der Waals surface area contributed by atoms with Crippen LogP contribution in [0.2, 0.25) is 0 Å². The molecule has 10 unspecified atom stereocenters. The van der Waals surface area contributed by atoms with Crippen LogP contribution in [0.25, 0.3) is 55.0 Å². The van der Waals surface area contributed by atoms with Gasteiger partial charge in [0.2, 0.25) is 57.5 Å². The van der Waals surface area contributed by atoms with Gasteiger partial charge in [0.1, 0.15) is 36.5 Å². The van der Waals surface area contributed by atoms with Crippen molar-refractivity contribution in [3.05, 3.63) is 138 Å². The minimum absolute atomic E-state index is 0.123. The van der Waals surface area contributed by atoms with E-state index in [0.29, 0.717) is 48.5 Å². The molecule has 4 aliphatic heterocycles. The molecule has 2 fully saturated rings. The van der Waals surface area contributed by atoms with Crippen molar-refractivity contribution in [3.63, 3.8) is 0 Å². The normalized spacial score (nSPS) is 19.4. The minimum atomic E-state index is -2.98. The molecule has 52 nitrogen and oxygen atoms in total. The average molecular weight is 1870 g/mol. The molecule has 0 bridgehead atoms. The zero-order valence-electron chi connectivity index (χ0n) is 65.4. The van der Waals surface area contributed by atoms with Gasteiger partial charge < -0.3 is 209 Å². The van der Waals surface area contributed by atoms with Crippen LogP contribution >= 0.6 is 0 Å². The van der Waals surface area contributed by atoms with Gasteiger partial charge in [-0.25, -0.2) is 47.9 Å². The van der Waals surface area contributed by atoms with Gasteiger partial charge >= 0.3 is 59.0 Å². The van der Waals surface area contributed by atoms with Crippen LogP contribution in [0.4, 0.5) is 0 Å². The number of fused-ring (bicyclic) bond motifs is 8. The molecule has 694 valence electrons. The van der Waals surface area contributed by atoms with Crippen LogP contribution in [0, 0.1) is 0 Å². The number of benzene rings is 10. The van der Waals surface area contributed by atoms with E-state index in [1.165, 1.54) is 0 Å². The lowest BCUT2D eigenvalue weighted by atomic mass is 9.91. The zero-order valence-corrected chi connectivity index (χ0v) is 65.4. The average Bonchev–Trinajstić information content (AvgIpc) is 0.730. The number of rotatable bonds is 12. The Kier molecular flexibility index (Phi) is 21.3. The smallest absolute Gasteiger partial charge is 0.344 e. The summed E-state index contributed by atoms with van der Waals surface area (Å²) >= 11 is 0. The molecule has 52 heteroatoms. The first-order valence-corrected chi connectivity index (χ1v) is 37.2. The number of esters is 8. The third-order valence-corrected chi connectivity index (χ3v) is 21.2. The molecule has 2 saturated heterocycles. The second-order valence-corrected chi connectivity index (χ2v) is 29.2. The molecule has 0 saturated carbocycles. The van der Waals surface area contributed by atoms with Gasteiger partial charge in [0.25, 0.3) is 0 Å². The Labute approximate surface area is 732 Å². The predicted molar refractivity (Wildman–Crippen MR) is 418 cm³/mol. The lowest BCUT2D eigenvalue weighted by molar-refractivity contribution is -0.284. The molecule has 10 aromatic carbocycles. The third-order valence-electron chi connectivity index (χ3n) is 21.2. The van der Waals surface area contributed by atoms with E-state index >= 15 is 14.4 Å². The molecular formula is C82H54O52. The van der Waals surface area contributed by atoms with Gasteiger partial charge in [-0.3, -0.25) is 0 Å². The SMILES string of the molecule is O=C(OC1C(OC(=O)c2cc(O)c(O)c(O)c2Oc2cc3c(c(O)c2O)-c2c(cc(O)c(O)c2O)C(=O)OC2C(COC3=O)OC(O)C(OC(=O)c3cc(O)c(O)c(O)c3Oc3cc4c(=O)oc5c(O)c(O)cc6c(=O)oc(c3O)c4c56)C2OC(=O)c2cc(O)c(O)c(O)c2)C(O)OC2COC(=O)c3cc(O)c(O)c(O)c3-c3c(cc(O)c(O)c3O)C(=O)OC21)c1cc(O)c(O)c(O)c1. The van der Waals surface area contributed by atoms with Crippen LogP contribution in [0.3, 0.4) is 0 Å². The van der Waals surface area contributed by atoms with Gasteiger partial charge in [-0.05, 0) is 48.5 Å². The van der Waals surface area contributed by atoms with Crippen LogP contribution in [-0.4, -0.2) is 265 Å². The lowest BCUT2D eigenvalue weighted by Gasteiger charge is -2.42. The van der Waals surface area contributed by atoms with Crippen LogP contribution in [-0.2, 0) is 47.4 Å². The maximum Gasteiger partial charge on any atom is 0.344 e. The largest absolute Gasteiger partial charge is 0.504 e. The molecule has 6 heterocycles. The fourth-order valence-electron chi connectivity index (χ4n) is 14.8. The number of carbonyl (C=O) groups excluding carboxylic acids is 8. The number of aromatic hydroxyl groups is 26. The van der Waals surface area contributed by atoms with Crippen LogP contribution in [0.15, 0.2) is 91.2 Å². The quantitative estimate of drug-likeness (QED) is 0.0274. The van der Waals surface area contributed by atoms with Crippen LogP contribution < -0.4 is 20.7 Å². The van der Waals surface area contributed by atoms with E-state index in [-0.39, 0.29) is 24.3 Å². The third kappa shape index (κ3) is 14.3. The highest BCUT2D eigenvalue weighted by atomic mass is 16.7. The first-order valence-electron chi connectivity index (χ1n) is 37.2. The molecule has 134 heavy (non-hydrogen) atoms. The Morgan fingerprint density at radius 1 is 0.291 bits per heavy atom. The summed E-state index contributed by atoms with van der Waals surface area (Å²) in [6.07, 6.45) is -27.6. The van der Waals surface area contributed by atoms with E-state index in [1.807, 2.05) is 0 Å². The standard InChI is InChI=1S/C82H54O52/c83-25-1-15(2-26(84)45(25)93)71(109)131-67-63-37(13-121-73(111)17-5-29(87)47(95)55(103)39(17)40-18(75(113)127-63)6-30(88)48(96)56(40)104)125-81(119)69(67)133-79(117)23-9-32(90)50(98)59(107)61(23)123-35-11-21-42(58(106)53(35)101)41-19(7-31(89)49(97)57(41)105)76(114)128-64-38(14-122-74(21)112)126-82(120)70(68(64)132-72(110)16-3-27(85)46(94)28(86)4-16)134-80(118)24-10-33(91)51(99)60(108)62(24)124-36-12-22-44-43-20(77(115)130-66(44)54(36)102)8-34(92)52(100)65(43)129-78(22)116/h1-12,37-38,63-64,67-70,81-108,119-120H,13-14H2. The number of phenols is 26. The van der Waals surface area contributed by atoms with Gasteiger partial charge in [-0.1, -0.05) is 0 Å². The fraction of sp³-hybridized carbons (Fsp3) is 0.146. The van der Waals surface area contributed by atoms with Crippen LogP contribution in [0.5, 0.6) is 172 Å². The van der Waals surface area contributed by atoms with Crippen molar-refractivity contribution in [1.82, 2.24) is 0 Å². The van der Waals surface area contributed by atoms with Crippen LogP contribution in [0.1, 0.15) is 82.9 Å². The Hall–Kier alpha value is -18.9. The van der Waals surface area contributed by atoms with Crippen molar-refractivity contribution in [2.75, 3.05) is 13.2 Å². The Morgan fingerprint density at radius 2 is 0.590 bits per heavy atom. The summed E-state index contributed by atoms with van der Waals surface area (Å²) in [6, 6.07) is 4.34. The van der Waals surface area contributed by atoms with Crippen molar-refractivity contribution in [2.24, 2.45) is 0 Å². The van der Waals surface area contributed by atoms with Gasteiger partial charge in [0.05, 0.1) is 44.2 Å². The summed E-state index contributed by atoms with van der Waals surface area (Å²) in [4.78, 5) is 145. The molecule has 16 rings (SSSR count). The summed E-state index contributed by atoms with van der Waals surface area (Å²) < 4.78 is 77.8. The Balaban J connectivity index is 0.765. The second kappa shape index (κ2) is 32.2. The van der Waals surface area contributed by atoms with E-state index < -0.39 is 406 Å². The summed E-state index contributed by atoms with van der Waals surface area (Å²) in [6.45, 7) is -3.01. The molecule has 0 aliphatic carbocycles. The number of aliphatic hydroxyl groups excluding tert-OH is 2. The molecule has 4 aliphatic rings. The Bertz CT molecular complexity index is 7280. The molecule has 12 aromatic rings. The van der Waals surface area contributed by atoms with Gasteiger partial charge in [-0.15, -0.1) is 0 Å². The molecule has 28 N–H and O–H groups in total. The predicted octanol–water partition coefficient (Wildman–Crippen LogP) is 3.48. The second-order valence-electron chi connectivity index (χ2n) is 29.2. The summed E-state index contributed by atoms with van der Waals surface area (Å²) in [5.41, 5.74) is -20.1. The molecule has 0 spiro atoms. The molecule has 0 radical (unpaired) electrons. The highest BCUT2D eigenvalue weighted by Gasteiger charge is 2.57. The number of aliphatic hydroxyl groups is 2. The van der Waals surface area contributed by atoms with Crippen molar-refractivity contribution in [3.8, 4) is 195 Å². The molecule has 0 amide bonds. The summed E-state index contributed by atoms with van der Waals surface area (Å²) in [7, 11) is 0. The molecule has 10 atom stereocenters. The maximum absolute atomic E-state index is 15.3. The van der Waals surface area contributed by atoms with E-state index in [0.717, 1.165) is 0 Å². The van der Waals surface area contributed by atoms with Gasteiger partial charge in [-0.2, -0.15) is 0 Å². The van der Waals surface area contributed by atoms with Crippen molar-refractivity contribution >= 4 is 80.5 Å². The topological polar surface area (TPSA) is 874 Å². The number of ether oxygens (including phenoxy) is 12. The first-order chi connectivity index (χ1) is 63.2. The van der Waals surface area contributed by atoms with E-state index in [4.69, 9.17) is 65.7 Å². The minimum Gasteiger partial charge on any atom is -0.504 e. The lowest BCUT2D eigenvalue weighted by Crippen LogP contribution is -2.62. The molecule has 2 aromatic heterocycles. The van der Waals surface area contributed by atoms with E-state index in [9.17, 15) is 177 Å². The monoisotopic (exact) mass is 1870 g/mol. The van der Waals surface area contributed by atoms with Crippen molar-refractivity contribution in [2.45, 2.75) is 61.4 Å². The number of carbonyl (C=O) groups is 8. The number of phenolic OH excluding ortho intramolecular Hbond substituents is 26. The van der Waals surface area contributed by atoms with Gasteiger partial charge in [0.15, 0.2) is 175 Å². The number of hydrogen-bond donors (Lipinski definition) is 28. The van der Waals surface area contributed by atoms with Crippen molar-refractivity contribution < 1.29 is 247 Å². The summed E-state index contributed by atoms with van der Waals surface area (Å²) in [5.74, 6) is -60.2. The Morgan fingerprint density at radius 3 is 0.970 bits per heavy atom. The number of cyclic esters (lactones) is 2. The van der Waals surface area contributed by atoms with Gasteiger partial charge in [0, 0.05) is 57.3 Å². The summed E-state index contributed by atoms with van der Waals surface area (Å²) in [5, 5.41) is 308. The maximum atomic E-state index is 15.3. The highest BCUT2D eigenvalue weighted by molar-refractivity contribution is 6.22. The molecular weight excluding hydrogens is 1820 g/mol. The highest BCUT2D eigenvalue weighted by Crippen LogP contribution is 2.59. The first kappa shape index (κ1) is 88.6.